The zero-order valence-electron chi connectivity index (χ0n) is 17.0. The van der Waals surface area contributed by atoms with Crippen LogP contribution in [0.1, 0.15) is 16.7 Å². The summed E-state index contributed by atoms with van der Waals surface area (Å²) in [5, 5.41) is 11.0. The van der Waals surface area contributed by atoms with Crippen LogP contribution in [0.25, 0.3) is 6.08 Å². The van der Waals surface area contributed by atoms with E-state index < -0.39 is 10.9 Å². The summed E-state index contributed by atoms with van der Waals surface area (Å²) >= 11 is 7.04. The lowest BCUT2D eigenvalue weighted by Crippen LogP contribution is -2.05. The maximum Gasteiger partial charge on any atom is 0.363 e. The Balaban J connectivity index is 1.52. The van der Waals surface area contributed by atoms with Gasteiger partial charge in [-0.25, -0.2) is 9.79 Å². The van der Waals surface area contributed by atoms with Crippen molar-refractivity contribution in [3.63, 3.8) is 0 Å². The number of hydrogen-bond donors (Lipinski definition) is 0. The molecule has 1 aliphatic rings. The smallest absolute Gasteiger partial charge is 0.363 e. The third kappa shape index (κ3) is 5.55. The van der Waals surface area contributed by atoms with Gasteiger partial charge in [0.05, 0.1) is 20.5 Å². The molecule has 33 heavy (non-hydrogen) atoms. The standard InChI is InChI=1S/C24H16Br2N2O5/c25-19-11-16(12-20(26)22(19)32-10-9-15-5-2-1-3-6-15)13-21-24(29)33-23(27-21)17-7-4-8-18(14-17)28(30)31/h1-8,11-14H,9-10H2/b21-13-. The number of ether oxygens (including phenoxy) is 2. The number of nitro benzene ring substituents is 1. The molecule has 166 valence electrons. The molecular weight excluding hydrogens is 556 g/mol. The van der Waals surface area contributed by atoms with E-state index in [4.69, 9.17) is 9.47 Å². The van der Waals surface area contributed by atoms with Crippen LogP contribution in [0.3, 0.4) is 0 Å². The molecule has 0 N–H and O–H groups in total. The molecule has 0 atom stereocenters. The van der Waals surface area contributed by atoms with Crippen LogP contribution >= 0.6 is 31.9 Å². The van der Waals surface area contributed by atoms with E-state index >= 15 is 0 Å². The van der Waals surface area contributed by atoms with Gasteiger partial charge in [0, 0.05) is 24.1 Å². The minimum absolute atomic E-state index is 0.0222. The number of halogens is 2. The molecule has 0 unspecified atom stereocenters. The van der Waals surface area contributed by atoms with Gasteiger partial charge in [-0.05, 0) is 67.3 Å². The van der Waals surface area contributed by atoms with Gasteiger partial charge in [0.15, 0.2) is 5.70 Å². The average molecular weight is 572 g/mol. The summed E-state index contributed by atoms with van der Waals surface area (Å²) in [7, 11) is 0. The fourth-order valence-corrected chi connectivity index (χ4v) is 4.61. The van der Waals surface area contributed by atoms with Gasteiger partial charge in [0.25, 0.3) is 5.69 Å². The number of nitro groups is 1. The van der Waals surface area contributed by atoms with Crippen LogP contribution in [0.5, 0.6) is 5.75 Å². The first-order valence-corrected chi connectivity index (χ1v) is 11.4. The molecule has 3 aromatic carbocycles. The van der Waals surface area contributed by atoms with Crippen molar-refractivity contribution >= 4 is 55.5 Å². The Bertz CT molecular complexity index is 1270. The molecule has 1 heterocycles. The SMILES string of the molecule is O=C1OC(c2cccc([N+](=O)[O-])c2)=N/C1=C\c1cc(Br)c(OCCc2ccccc2)c(Br)c1. The minimum Gasteiger partial charge on any atom is -0.491 e. The van der Waals surface area contributed by atoms with Crippen molar-refractivity contribution in [3.8, 4) is 5.75 Å². The second-order valence-corrected chi connectivity index (χ2v) is 8.75. The minimum atomic E-state index is -0.632. The van der Waals surface area contributed by atoms with Crippen LogP contribution in [0.4, 0.5) is 5.69 Å². The number of rotatable bonds is 7. The fourth-order valence-electron chi connectivity index (χ4n) is 3.16. The largest absolute Gasteiger partial charge is 0.491 e. The van der Waals surface area contributed by atoms with Gasteiger partial charge in [-0.2, -0.15) is 0 Å². The first kappa shape index (κ1) is 22.9. The number of cyclic esters (lactones) is 1. The van der Waals surface area contributed by atoms with E-state index in [1.54, 1.807) is 12.1 Å². The first-order chi connectivity index (χ1) is 15.9. The van der Waals surface area contributed by atoms with Crippen LogP contribution < -0.4 is 4.74 Å². The molecule has 3 aromatic rings. The molecule has 0 spiro atoms. The maximum absolute atomic E-state index is 12.3. The summed E-state index contributed by atoms with van der Waals surface area (Å²) in [4.78, 5) is 27.0. The number of carbonyl (C=O) groups is 1. The van der Waals surface area contributed by atoms with Gasteiger partial charge < -0.3 is 9.47 Å². The first-order valence-electron chi connectivity index (χ1n) is 9.84. The Labute approximate surface area is 206 Å². The van der Waals surface area contributed by atoms with Crippen molar-refractivity contribution in [2.75, 3.05) is 6.61 Å². The molecular formula is C24H16Br2N2O5. The molecule has 7 nitrogen and oxygen atoms in total. The number of non-ortho nitro benzene ring substituents is 1. The third-order valence-electron chi connectivity index (χ3n) is 4.73. The van der Waals surface area contributed by atoms with Gasteiger partial charge in [-0.15, -0.1) is 0 Å². The number of esters is 1. The molecule has 1 aliphatic heterocycles. The summed E-state index contributed by atoms with van der Waals surface area (Å²) in [6.07, 6.45) is 2.35. The van der Waals surface area contributed by atoms with Gasteiger partial charge in [-0.3, -0.25) is 10.1 Å². The zero-order chi connectivity index (χ0) is 23.4. The lowest BCUT2D eigenvalue weighted by molar-refractivity contribution is -0.384. The highest BCUT2D eigenvalue weighted by atomic mass is 79.9. The molecule has 9 heteroatoms. The Morgan fingerprint density at radius 2 is 1.76 bits per heavy atom. The molecule has 4 rings (SSSR count). The highest BCUT2D eigenvalue weighted by Crippen LogP contribution is 2.36. The molecule has 0 radical (unpaired) electrons. The maximum atomic E-state index is 12.3. The van der Waals surface area contributed by atoms with Crippen LogP contribution in [-0.2, 0) is 16.0 Å². The van der Waals surface area contributed by atoms with E-state index in [1.165, 1.54) is 23.8 Å². The Hall–Kier alpha value is -3.30. The second kappa shape index (κ2) is 10.1. The summed E-state index contributed by atoms with van der Waals surface area (Å²) in [5.41, 5.74) is 2.21. The van der Waals surface area contributed by atoms with Gasteiger partial charge in [-0.1, -0.05) is 36.4 Å². The second-order valence-electron chi connectivity index (χ2n) is 7.04. The van der Waals surface area contributed by atoms with Crippen molar-refractivity contribution in [2.24, 2.45) is 4.99 Å². The number of hydrogen-bond acceptors (Lipinski definition) is 6. The van der Waals surface area contributed by atoms with Gasteiger partial charge in [0.2, 0.25) is 5.90 Å². The Morgan fingerprint density at radius 1 is 1.03 bits per heavy atom. The van der Waals surface area contributed by atoms with E-state index in [0.717, 1.165) is 6.42 Å². The van der Waals surface area contributed by atoms with Crippen molar-refractivity contribution in [2.45, 2.75) is 6.42 Å². The Morgan fingerprint density at radius 3 is 2.45 bits per heavy atom. The van der Waals surface area contributed by atoms with Crippen molar-refractivity contribution in [3.05, 3.63) is 108 Å². The molecule has 0 aliphatic carbocycles. The van der Waals surface area contributed by atoms with E-state index in [-0.39, 0.29) is 17.3 Å². The summed E-state index contributed by atoms with van der Waals surface area (Å²) in [5.74, 6) is 0.0451. The average Bonchev–Trinajstić information content (AvgIpc) is 3.16. The lowest BCUT2D eigenvalue weighted by atomic mass is 10.1. The van der Waals surface area contributed by atoms with E-state index in [2.05, 4.69) is 36.9 Å². The fraction of sp³-hybridized carbons (Fsp3) is 0.0833. The van der Waals surface area contributed by atoms with Crippen molar-refractivity contribution in [1.29, 1.82) is 0 Å². The molecule has 0 amide bonds. The quantitative estimate of drug-likeness (QED) is 0.148. The number of aliphatic imine (C=N–C) groups is 1. The number of carbonyl (C=O) groups excluding carboxylic acids is 1. The zero-order valence-corrected chi connectivity index (χ0v) is 20.2. The van der Waals surface area contributed by atoms with Crippen molar-refractivity contribution in [1.82, 2.24) is 0 Å². The highest BCUT2D eigenvalue weighted by Gasteiger charge is 2.25. The predicted molar refractivity (Wildman–Crippen MR) is 131 cm³/mol. The summed E-state index contributed by atoms with van der Waals surface area (Å²) in [6.45, 7) is 0.505. The number of benzene rings is 3. The molecule has 0 saturated heterocycles. The van der Waals surface area contributed by atoms with Crippen LogP contribution in [0, 0.1) is 10.1 Å². The monoisotopic (exact) mass is 570 g/mol. The molecule has 0 bridgehead atoms. The van der Waals surface area contributed by atoms with Crippen LogP contribution in [0.15, 0.2) is 86.4 Å². The third-order valence-corrected chi connectivity index (χ3v) is 5.91. The van der Waals surface area contributed by atoms with Gasteiger partial charge >= 0.3 is 5.97 Å². The van der Waals surface area contributed by atoms with E-state index in [1.807, 2.05) is 42.5 Å². The van der Waals surface area contributed by atoms with E-state index in [9.17, 15) is 14.9 Å². The topological polar surface area (TPSA) is 91.0 Å². The summed E-state index contributed by atoms with van der Waals surface area (Å²) < 4.78 is 12.6. The van der Waals surface area contributed by atoms with Crippen LogP contribution in [-0.4, -0.2) is 23.4 Å². The highest BCUT2D eigenvalue weighted by molar-refractivity contribution is 9.11. The molecule has 0 saturated carbocycles. The Kier molecular flexibility index (Phi) is 7.00. The predicted octanol–water partition coefficient (Wildman–Crippen LogP) is 6.09. The van der Waals surface area contributed by atoms with Gasteiger partial charge in [0.1, 0.15) is 5.75 Å². The van der Waals surface area contributed by atoms with Crippen LogP contribution in [0.2, 0.25) is 0 Å². The number of nitrogens with zero attached hydrogens (tertiary/aromatic N) is 2. The molecule has 0 aromatic heterocycles. The summed E-state index contributed by atoms with van der Waals surface area (Å²) in [6, 6.07) is 19.4. The normalized spacial score (nSPS) is 14.2. The van der Waals surface area contributed by atoms with E-state index in [0.29, 0.717) is 32.4 Å². The lowest BCUT2D eigenvalue weighted by Gasteiger charge is -2.11. The van der Waals surface area contributed by atoms with Crippen molar-refractivity contribution < 1.29 is 19.2 Å². The molecule has 0 fully saturated rings.